The molecule has 0 spiro atoms. The molecule has 0 unspecified atom stereocenters. The number of aryl methyl sites for hydroxylation is 1. The molecule has 1 aromatic heterocycles. The molecule has 1 rings (SSSR count). The van der Waals surface area contributed by atoms with Gasteiger partial charge in [-0.1, -0.05) is 13.8 Å². The fraction of sp³-hybridized carbons (Fsp3) is 0.615. The Morgan fingerprint density at radius 2 is 2.05 bits per heavy atom. The first-order valence-electron chi connectivity index (χ1n) is 6.83. The van der Waals surface area contributed by atoms with E-state index >= 15 is 0 Å². The second-order valence-electron chi connectivity index (χ2n) is 5.15. The molecule has 6 nitrogen and oxygen atoms in total. The van der Waals surface area contributed by atoms with E-state index in [1.807, 2.05) is 6.92 Å². The van der Waals surface area contributed by atoms with Gasteiger partial charge >= 0.3 is 10.2 Å². The Balaban J connectivity index is 2.57. The van der Waals surface area contributed by atoms with E-state index in [0.29, 0.717) is 18.4 Å². The van der Waals surface area contributed by atoms with Crippen LogP contribution < -0.4 is 10.0 Å². The highest BCUT2D eigenvalue weighted by atomic mass is 79.9. The van der Waals surface area contributed by atoms with Crippen molar-refractivity contribution in [3.05, 3.63) is 22.3 Å². The third-order valence-electron chi connectivity index (χ3n) is 2.87. The van der Waals surface area contributed by atoms with Crippen molar-refractivity contribution in [2.24, 2.45) is 0 Å². The lowest BCUT2D eigenvalue weighted by Crippen LogP contribution is -2.35. The van der Waals surface area contributed by atoms with E-state index in [2.05, 4.69) is 44.8 Å². The molecule has 0 saturated heterocycles. The third kappa shape index (κ3) is 6.29. The van der Waals surface area contributed by atoms with Crippen LogP contribution in [0.25, 0.3) is 0 Å². The van der Waals surface area contributed by atoms with Gasteiger partial charge in [-0.05, 0) is 48.0 Å². The standard InChI is InChI=1S/C13H23BrN4O2S/c1-10(2)15-8-5-9-18(4)21(19,20)17-13-7-6-12(14)11(3)16-13/h6-7,10,15H,5,8-9H2,1-4H3,(H,16,17). The van der Waals surface area contributed by atoms with Gasteiger partial charge in [-0.25, -0.2) is 4.98 Å². The van der Waals surface area contributed by atoms with Crippen LogP contribution in [0.2, 0.25) is 0 Å². The summed E-state index contributed by atoms with van der Waals surface area (Å²) in [4.78, 5) is 4.18. The average Bonchev–Trinajstić information content (AvgIpc) is 2.38. The maximum absolute atomic E-state index is 12.2. The third-order valence-corrected chi connectivity index (χ3v) is 5.18. The topological polar surface area (TPSA) is 74.3 Å². The molecule has 21 heavy (non-hydrogen) atoms. The Hall–Kier alpha value is -0.700. The van der Waals surface area contributed by atoms with Crippen LogP contribution in [0.4, 0.5) is 5.82 Å². The summed E-state index contributed by atoms with van der Waals surface area (Å²) in [6.07, 6.45) is 0.752. The van der Waals surface area contributed by atoms with Gasteiger partial charge in [0.1, 0.15) is 5.82 Å². The zero-order chi connectivity index (χ0) is 16.0. The smallest absolute Gasteiger partial charge is 0.302 e. The molecule has 0 saturated carbocycles. The highest BCUT2D eigenvalue weighted by Gasteiger charge is 2.17. The summed E-state index contributed by atoms with van der Waals surface area (Å²) in [6, 6.07) is 3.80. The lowest BCUT2D eigenvalue weighted by atomic mass is 10.3. The van der Waals surface area contributed by atoms with Crippen LogP contribution in [-0.2, 0) is 10.2 Å². The number of anilines is 1. The lowest BCUT2D eigenvalue weighted by molar-refractivity contribution is 0.451. The predicted molar refractivity (Wildman–Crippen MR) is 89.6 cm³/mol. The van der Waals surface area contributed by atoms with Crippen molar-refractivity contribution in [3.63, 3.8) is 0 Å². The van der Waals surface area contributed by atoms with E-state index in [-0.39, 0.29) is 0 Å². The first-order chi connectivity index (χ1) is 9.72. The van der Waals surface area contributed by atoms with Crippen molar-refractivity contribution >= 4 is 32.0 Å². The number of pyridine rings is 1. The Bertz CT molecular complexity index is 563. The minimum Gasteiger partial charge on any atom is -0.314 e. The van der Waals surface area contributed by atoms with Gasteiger partial charge in [0.25, 0.3) is 0 Å². The zero-order valence-electron chi connectivity index (χ0n) is 12.9. The van der Waals surface area contributed by atoms with E-state index in [4.69, 9.17) is 0 Å². The van der Waals surface area contributed by atoms with Gasteiger partial charge in [-0.3, -0.25) is 4.72 Å². The first kappa shape index (κ1) is 18.3. The minimum absolute atomic E-state index is 0.322. The van der Waals surface area contributed by atoms with Gasteiger partial charge in [0.05, 0.1) is 5.69 Å². The Kier molecular flexibility index (Phi) is 7.05. The molecular formula is C13H23BrN4O2S. The van der Waals surface area contributed by atoms with E-state index in [9.17, 15) is 8.42 Å². The van der Waals surface area contributed by atoms with Crippen LogP contribution in [-0.4, -0.2) is 43.9 Å². The van der Waals surface area contributed by atoms with Gasteiger partial charge in [0.2, 0.25) is 0 Å². The molecule has 0 radical (unpaired) electrons. The van der Waals surface area contributed by atoms with Crippen LogP contribution in [0.15, 0.2) is 16.6 Å². The molecule has 0 bridgehead atoms. The van der Waals surface area contributed by atoms with Crippen molar-refractivity contribution in [2.75, 3.05) is 24.9 Å². The highest BCUT2D eigenvalue weighted by Crippen LogP contribution is 2.17. The molecule has 8 heteroatoms. The van der Waals surface area contributed by atoms with Crippen molar-refractivity contribution in [1.82, 2.24) is 14.6 Å². The number of nitrogens with one attached hydrogen (secondary N) is 2. The summed E-state index contributed by atoms with van der Waals surface area (Å²) >= 11 is 3.33. The van der Waals surface area contributed by atoms with Crippen LogP contribution in [0.5, 0.6) is 0 Å². The Morgan fingerprint density at radius 3 is 2.62 bits per heavy atom. The second-order valence-corrected chi connectivity index (χ2v) is 7.79. The van der Waals surface area contributed by atoms with Crippen LogP contribution in [0.1, 0.15) is 26.0 Å². The number of nitrogens with zero attached hydrogens (tertiary/aromatic N) is 2. The SMILES string of the molecule is Cc1nc(NS(=O)(=O)N(C)CCCNC(C)C)ccc1Br. The zero-order valence-corrected chi connectivity index (χ0v) is 15.3. The molecule has 120 valence electrons. The highest BCUT2D eigenvalue weighted by molar-refractivity contribution is 9.10. The molecule has 0 aliphatic carbocycles. The van der Waals surface area contributed by atoms with Crippen molar-refractivity contribution in [2.45, 2.75) is 33.2 Å². The average molecular weight is 379 g/mol. The molecule has 0 fully saturated rings. The lowest BCUT2D eigenvalue weighted by Gasteiger charge is -2.18. The molecule has 0 aliphatic rings. The number of aromatic nitrogens is 1. The second kappa shape index (κ2) is 8.07. The fourth-order valence-corrected chi connectivity index (χ4v) is 2.75. The fourth-order valence-electron chi connectivity index (χ4n) is 1.62. The van der Waals surface area contributed by atoms with E-state index in [1.165, 1.54) is 4.31 Å². The van der Waals surface area contributed by atoms with Gasteiger partial charge in [0, 0.05) is 24.1 Å². The van der Waals surface area contributed by atoms with E-state index < -0.39 is 10.2 Å². The van der Waals surface area contributed by atoms with E-state index in [0.717, 1.165) is 23.1 Å². The van der Waals surface area contributed by atoms with Crippen molar-refractivity contribution in [3.8, 4) is 0 Å². The monoisotopic (exact) mass is 378 g/mol. The molecule has 0 aliphatic heterocycles. The summed E-state index contributed by atoms with van der Waals surface area (Å²) in [6.45, 7) is 7.16. The van der Waals surface area contributed by atoms with Crippen LogP contribution >= 0.6 is 15.9 Å². The predicted octanol–water partition coefficient (Wildman–Crippen LogP) is 2.13. The van der Waals surface area contributed by atoms with Crippen LogP contribution in [0.3, 0.4) is 0 Å². The normalized spacial score (nSPS) is 12.1. The summed E-state index contributed by atoms with van der Waals surface area (Å²) in [7, 11) is -2.01. The molecule has 2 N–H and O–H groups in total. The number of hydrogen-bond acceptors (Lipinski definition) is 4. The molecule has 1 heterocycles. The maximum Gasteiger partial charge on any atom is 0.302 e. The number of hydrogen-bond donors (Lipinski definition) is 2. The van der Waals surface area contributed by atoms with Gasteiger partial charge in [-0.2, -0.15) is 12.7 Å². The Morgan fingerprint density at radius 1 is 1.38 bits per heavy atom. The van der Waals surface area contributed by atoms with Gasteiger partial charge in [0.15, 0.2) is 0 Å². The summed E-state index contributed by atoms with van der Waals surface area (Å²) in [5.74, 6) is 0.322. The molecule has 0 amide bonds. The number of halogens is 1. The summed E-state index contributed by atoms with van der Waals surface area (Å²) in [5, 5.41) is 3.26. The van der Waals surface area contributed by atoms with Crippen molar-refractivity contribution in [1.29, 1.82) is 0 Å². The maximum atomic E-state index is 12.2. The molecular weight excluding hydrogens is 356 g/mol. The summed E-state index contributed by atoms with van der Waals surface area (Å²) in [5.41, 5.74) is 0.735. The molecule has 0 atom stereocenters. The van der Waals surface area contributed by atoms with E-state index in [1.54, 1.807) is 19.2 Å². The van der Waals surface area contributed by atoms with Gasteiger partial charge < -0.3 is 5.32 Å². The number of rotatable bonds is 8. The van der Waals surface area contributed by atoms with Gasteiger partial charge in [-0.15, -0.1) is 0 Å². The Labute approximate surface area is 135 Å². The minimum atomic E-state index is -3.57. The summed E-state index contributed by atoms with van der Waals surface area (Å²) < 4.78 is 29.0. The largest absolute Gasteiger partial charge is 0.314 e. The first-order valence-corrected chi connectivity index (χ1v) is 9.06. The van der Waals surface area contributed by atoms with Crippen molar-refractivity contribution < 1.29 is 8.42 Å². The molecule has 0 aromatic carbocycles. The quantitative estimate of drug-likeness (QED) is 0.679. The van der Waals surface area contributed by atoms with Crippen LogP contribution in [0, 0.1) is 6.92 Å². The molecule has 1 aromatic rings.